The van der Waals surface area contributed by atoms with Crippen LogP contribution in [0.2, 0.25) is 0 Å². The summed E-state index contributed by atoms with van der Waals surface area (Å²) < 4.78 is 0. The molecule has 0 amide bonds. The van der Waals surface area contributed by atoms with Crippen LogP contribution in [0.3, 0.4) is 0 Å². The van der Waals surface area contributed by atoms with E-state index >= 15 is 0 Å². The van der Waals surface area contributed by atoms with E-state index in [4.69, 9.17) is 0 Å². The average molecular weight is 252 g/mol. The maximum atomic E-state index is 11.0. The lowest BCUT2D eigenvalue weighted by Crippen LogP contribution is -2.20. The zero-order valence-corrected chi connectivity index (χ0v) is 11.8. The van der Waals surface area contributed by atoms with Gasteiger partial charge in [0.05, 0.1) is 10.6 Å². The fourth-order valence-electron chi connectivity index (χ4n) is 2.08. The molecule has 4 heteroatoms. The number of nitrogens with zero attached hydrogens (tertiary/aromatic N) is 2. The van der Waals surface area contributed by atoms with Crippen LogP contribution in [-0.4, -0.2) is 24.9 Å². The molecule has 17 heavy (non-hydrogen) atoms. The van der Waals surface area contributed by atoms with Gasteiger partial charge in [-0.15, -0.1) is 0 Å². The molecular formula is C13H20N2OS. The second kappa shape index (κ2) is 4.77. The highest BCUT2D eigenvalue weighted by Crippen LogP contribution is 2.39. The van der Waals surface area contributed by atoms with Crippen molar-refractivity contribution >= 4 is 22.8 Å². The Kier molecular flexibility index (Phi) is 3.52. The molecule has 1 fully saturated rings. The van der Waals surface area contributed by atoms with Crippen LogP contribution in [-0.2, 0) is 0 Å². The number of aldehydes is 1. The first-order valence-corrected chi connectivity index (χ1v) is 7.01. The number of thiazole rings is 1. The molecule has 0 aromatic carbocycles. The van der Waals surface area contributed by atoms with Gasteiger partial charge in [0.15, 0.2) is 11.4 Å². The van der Waals surface area contributed by atoms with Crippen LogP contribution in [0.4, 0.5) is 5.13 Å². The molecule has 0 spiro atoms. The number of aromatic nitrogens is 1. The third kappa shape index (κ3) is 2.68. The third-order valence-corrected chi connectivity index (χ3v) is 4.55. The highest BCUT2D eigenvalue weighted by Gasteiger charge is 2.33. The van der Waals surface area contributed by atoms with Crippen molar-refractivity contribution in [2.24, 2.45) is 11.8 Å². The largest absolute Gasteiger partial charge is 0.351 e. The fraction of sp³-hybridized carbons (Fsp3) is 0.692. The van der Waals surface area contributed by atoms with Crippen molar-refractivity contribution in [3.05, 3.63) is 10.6 Å². The summed E-state index contributed by atoms with van der Waals surface area (Å²) in [7, 11) is 2.07. The molecule has 0 bridgehead atoms. The minimum absolute atomic E-state index is 0.313. The number of carbonyl (C=O) groups is 1. The molecule has 1 aromatic heterocycles. The van der Waals surface area contributed by atoms with E-state index in [-0.39, 0.29) is 0 Å². The highest BCUT2D eigenvalue weighted by atomic mass is 32.1. The summed E-state index contributed by atoms with van der Waals surface area (Å²) in [6.07, 6.45) is 2.26. The standard InChI is InChI=1S/C13H20N2OS/c1-8(2)12-11(7-16)17-13(14-12)15(4)6-10-5-9(10)3/h7-10H,5-6H2,1-4H3. The molecule has 1 heterocycles. The molecule has 94 valence electrons. The normalized spacial score (nSPS) is 22.9. The van der Waals surface area contributed by atoms with Crippen LogP contribution in [0, 0.1) is 11.8 Å². The molecule has 2 unspecified atom stereocenters. The maximum Gasteiger partial charge on any atom is 0.185 e. The van der Waals surface area contributed by atoms with E-state index in [0.29, 0.717) is 5.92 Å². The van der Waals surface area contributed by atoms with Gasteiger partial charge in [0.25, 0.3) is 0 Å². The molecule has 2 atom stereocenters. The van der Waals surface area contributed by atoms with Crippen LogP contribution in [0.1, 0.15) is 48.5 Å². The van der Waals surface area contributed by atoms with Crippen molar-refractivity contribution in [1.29, 1.82) is 0 Å². The lowest BCUT2D eigenvalue weighted by Gasteiger charge is -2.15. The van der Waals surface area contributed by atoms with Crippen molar-refractivity contribution in [3.8, 4) is 0 Å². The van der Waals surface area contributed by atoms with Gasteiger partial charge in [0, 0.05) is 13.6 Å². The van der Waals surface area contributed by atoms with Gasteiger partial charge in [-0.2, -0.15) is 0 Å². The Hall–Kier alpha value is -0.900. The molecule has 1 aliphatic carbocycles. The lowest BCUT2D eigenvalue weighted by molar-refractivity contribution is 0.112. The van der Waals surface area contributed by atoms with Gasteiger partial charge in [0.1, 0.15) is 0 Å². The van der Waals surface area contributed by atoms with E-state index in [2.05, 4.69) is 37.7 Å². The van der Waals surface area contributed by atoms with E-state index in [0.717, 1.165) is 40.4 Å². The first kappa shape index (κ1) is 12.6. The van der Waals surface area contributed by atoms with Crippen molar-refractivity contribution in [1.82, 2.24) is 4.98 Å². The van der Waals surface area contributed by atoms with Gasteiger partial charge in [-0.25, -0.2) is 4.98 Å². The summed E-state index contributed by atoms with van der Waals surface area (Å²) in [4.78, 5) is 18.6. The highest BCUT2D eigenvalue weighted by molar-refractivity contribution is 7.17. The van der Waals surface area contributed by atoms with Gasteiger partial charge < -0.3 is 4.90 Å². The van der Waals surface area contributed by atoms with Crippen molar-refractivity contribution in [2.45, 2.75) is 33.1 Å². The van der Waals surface area contributed by atoms with Gasteiger partial charge in [-0.3, -0.25) is 4.79 Å². The Labute approximate surface area is 107 Å². The number of carbonyl (C=O) groups excluding carboxylic acids is 1. The zero-order valence-electron chi connectivity index (χ0n) is 10.9. The van der Waals surface area contributed by atoms with Crippen LogP contribution in [0.5, 0.6) is 0 Å². The number of rotatable bonds is 5. The molecule has 0 aliphatic heterocycles. The number of hydrogen-bond donors (Lipinski definition) is 0. The molecule has 1 saturated carbocycles. The molecule has 0 radical (unpaired) electrons. The van der Waals surface area contributed by atoms with E-state index in [1.165, 1.54) is 17.8 Å². The van der Waals surface area contributed by atoms with Crippen LogP contribution >= 0.6 is 11.3 Å². The molecule has 0 N–H and O–H groups in total. The first-order chi connectivity index (χ1) is 8.02. The number of anilines is 1. The Morgan fingerprint density at radius 2 is 2.24 bits per heavy atom. The summed E-state index contributed by atoms with van der Waals surface area (Å²) in [5.74, 6) is 1.98. The van der Waals surface area contributed by atoms with Crippen molar-refractivity contribution < 1.29 is 4.79 Å². The predicted molar refractivity (Wildman–Crippen MR) is 72.1 cm³/mol. The Bertz CT molecular complexity index is 414. The second-order valence-corrected chi connectivity index (χ2v) is 6.38. The molecule has 1 aliphatic rings. The van der Waals surface area contributed by atoms with E-state index in [9.17, 15) is 4.79 Å². The summed E-state index contributed by atoms with van der Waals surface area (Å²) >= 11 is 1.51. The molecule has 2 rings (SSSR count). The molecular weight excluding hydrogens is 232 g/mol. The Balaban J connectivity index is 2.12. The fourth-order valence-corrected chi connectivity index (χ4v) is 3.08. The minimum atomic E-state index is 0.313. The second-order valence-electron chi connectivity index (χ2n) is 5.37. The first-order valence-electron chi connectivity index (χ1n) is 6.20. The van der Waals surface area contributed by atoms with Crippen LogP contribution in [0.25, 0.3) is 0 Å². The molecule has 3 nitrogen and oxygen atoms in total. The number of hydrogen-bond acceptors (Lipinski definition) is 4. The summed E-state index contributed by atoms with van der Waals surface area (Å²) in [6.45, 7) is 7.50. The van der Waals surface area contributed by atoms with Gasteiger partial charge in [-0.05, 0) is 24.2 Å². The molecule has 1 aromatic rings. The van der Waals surface area contributed by atoms with Gasteiger partial charge in [0.2, 0.25) is 0 Å². The summed E-state index contributed by atoms with van der Waals surface area (Å²) in [5.41, 5.74) is 0.940. The van der Waals surface area contributed by atoms with Crippen LogP contribution in [0.15, 0.2) is 0 Å². The van der Waals surface area contributed by atoms with E-state index in [1.54, 1.807) is 0 Å². The van der Waals surface area contributed by atoms with Crippen molar-refractivity contribution in [3.63, 3.8) is 0 Å². The Morgan fingerprint density at radius 1 is 1.59 bits per heavy atom. The lowest BCUT2D eigenvalue weighted by atomic mass is 10.1. The topological polar surface area (TPSA) is 33.2 Å². The van der Waals surface area contributed by atoms with Crippen LogP contribution < -0.4 is 4.90 Å². The van der Waals surface area contributed by atoms with Gasteiger partial charge >= 0.3 is 0 Å². The van der Waals surface area contributed by atoms with Crippen molar-refractivity contribution in [2.75, 3.05) is 18.5 Å². The average Bonchev–Trinajstić information content (AvgIpc) is 2.83. The minimum Gasteiger partial charge on any atom is -0.351 e. The zero-order chi connectivity index (χ0) is 12.6. The Morgan fingerprint density at radius 3 is 2.65 bits per heavy atom. The molecule has 0 saturated heterocycles. The monoisotopic (exact) mass is 252 g/mol. The smallest absolute Gasteiger partial charge is 0.185 e. The quantitative estimate of drug-likeness (QED) is 0.755. The third-order valence-electron chi connectivity index (χ3n) is 3.43. The van der Waals surface area contributed by atoms with Gasteiger partial charge in [-0.1, -0.05) is 32.1 Å². The van der Waals surface area contributed by atoms with E-state index < -0.39 is 0 Å². The maximum absolute atomic E-state index is 11.0. The summed E-state index contributed by atoms with van der Waals surface area (Å²) in [5, 5.41) is 0.981. The predicted octanol–water partition coefficient (Wildman–Crippen LogP) is 3.17. The SMILES string of the molecule is CC(C)c1nc(N(C)CC2CC2C)sc1C=O. The summed E-state index contributed by atoms with van der Waals surface area (Å²) in [6, 6.07) is 0. The van der Waals surface area contributed by atoms with E-state index in [1.807, 2.05) is 0 Å².